The third-order valence-corrected chi connectivity index (χ3v) is 5.95. The lowest BCUT2D eigenvalue weighted by atomic mass is 9.51. The summed E-state index contributed by atoms with van der Waals surface area (Å²) in [7, 11) is 0. The lowest BCUT2D eigenvalue weighted by Crippen LogP contribution is -2.62. The molecular weight excluding hydrogens is 262 g/mol. The SMILES string of the molecule is CCOC(=O)c1ccc2c(c1)[C@]1(C)CCN[C@H](C2)C1(C)C. The van der Waals surface area contributed by atoms with Gasteiger partial charge in [-0.25, -0.2) is 4.79 Å². The van der Waals surface area contributed by atoms with Crippen molar-refractivity contribution in [2.75, 3.05) is 13.2 Å². The molecule has 0 radical (unpaired) electrons. The van der Waals surface area contributed by atoms with Gasteiger partial charge in [-0.05, 0) is 55.0 Å². The van der Waals surface area contributed by atoms with Gasteiger partial charge in [0.2, 0.25) is 0 Å². The highest BCUT2D eigenvalue weighted by Crippen LogP contribution is 2.53. The highest BCUT2D eigenvalue weighted by atomic mass is 16.5. The molecule has 1 aromatic carbocycles. The average Bonchev–Trinajstić information content (AvgIpc) is 2.42. The molecule has 3 heteroatoms. The van der Waals surface area contributed by atoms with Crippen LogP contribution in [0.1, 0.15) is 55.6 Å². The third-order valence-electron chi connectivity index (χ3n) is 5.95. The van der Waals surface area contributed by atoms with Gasteiger partial charge in [0.15, 0.2) is 0 Å². The fourth-order valence-electron chi connectivity index (χ4n) is 4.10. The maximum atomic E-state index is 12.0. The molecule has 1 aromatic rings. The average molecular weight is 287 g/mol. The Kier molecular flexibility index (Phi) is 3.36. The minimum Gasteiger partial charge on any atom is -0.462 e. The molecule has 1 aliphatic carbocycles. The monoisotopic (exact) mass is 287 g/mol. The van der Waals surface area contributed by atoms with Crippen LogP contribution >= 0.6 is 0 Å². The van der Waals surface area contributed by atoms with E-state index in [1.807, 2.05) is 13.0 Å². The molecule has 1 aliphatic heterocycles. The molecule has 3 nitrogen and oxygen atoms in total. The van der Waals surface area contributed by atoms with E-state index in [0.717, 1.165) is 19.4 Å². The normalized spacial score (nSPS) is 29.6. The van der Waals surface area contributed by atoms with Gasteiger partial charge in [0.25, 0.3) is 0 Å². The van der Waals surface area contributed by atoms with Crippen LogP contribution in [0.2, 0.25) is 0 Å². The van der Waals surface area contributed by atoms with Crippen molar-refractivity contribution in [3.63, 3.8) is 0 Å². The lowest BCUT2D eigenvalue weighted by Gasteiger charge is -2.57. The molecule has 2 aliphatic rings. The summed E-state index contributed by atoms with van der Waals surface area (Å²) in [5.41, 5.74) is 3.70. The fraction of sp³-hybridized carbons (Fsp3) is 0.611. The topological polar surface area (TPSA) is 38.3 Å². The summed E-state index contributed by atoms with van der Waals surface area (Å²) in [5, 5.41) is 3.67. The summed E-state index contributed by atoms with van der Waals surface area (Å²) >= 11 is 0. The summed E-state index contributed by atoms with van der Waals surface area (Å²) in [4.78, 5) is 12.0. The number of nitrogens with one attached hydrogen (secondary N) is 1. The van der Waals surface area contributed by atoms with E-state index in [1.165, 1.54) is 11.1 Å². The number of ether oxygens (including phenoxy) is 1. The highest BCUT2D eigenvalue weighted by molar-refractivity contribution is 5.89. The molecule has 0 amide bonds. The van der Waals surface area contributed by atoms with E-state index in [1.54, 1.807) is 0 Å². The molecule has 1 heterocycles. The summed E-state index contributed by atoms with van der Waals surface area (Å²) in [6, 6.07) is 6.62. The van der Waals surface area contributed by atoms with Crippen molar-refractivity contribution in [3.8, 4) is 0 Å². The van der Waals surface area contributed by atoms with E-state index < -0.39 is 0 Å². The Hall–Kier alpha value is -1.35. The second kappa shape index (κ2) is 4.84. The predicted octanol–water partition coefficient (Wildman–Crippen LogP) is 3.07. The van der Waals surface area contributed by atoms with Crippen molar-refractivity contribution in [1.82, 2.24) is 5.32 Å². The summed E-state index contributed by atoms with van der Waals surface area (Å²) in [6.45, 7) is 10.4. The summed E-state index contributed by atoms with van der Waals surface area (Å²) in [6.07, 6.45) is 2.15. The van der Waals surface area contributed by atoms with Crippen molar-refractivity contribution < 1.29 is 9.53 Å². The largest absolute Gasteiger partial charge is 0.462 e. The number of hydrogen-bond acceptors (Lipinski definition) is 3. The number of hydrogen-bond donors (Lipinski definition) is 1. The number of carbonyl (C=O) groups excluding carboxylic acids is 1. The zero-order chi connectivity index (χ0) is 15.3. The predicted molar refractivity (Wildman–Crippen MR) is 83.6 cm³/mol. The van der Waals surface area contributed by atoms with E-state index in [2.05, 4.69) is 38.2 Å². The van der Waals surface area contributed by atoms with E-state index in [0.29, 0.717) is 18.2 Å². The van der Waals surface area contributed by atoms with Crippen molar-refractivity contribution in [3.05, 3.63) is 34.9 Å². The molecule has 114 valence electrons. The van der Waals surface area contributed by atoms with Crippen molar-refractivity contribution >= 4 is 5.97 Å². The molecule has 0 aromatic heterocycles. The van der Waals surface area contributed by atoms with Crippen LogP contribution in [0.3, 0.4) is 0 Å². The zero-order valence-electron chi connectivity index (χ0n) is 13.5. The Morgan fingerprint density at radius 1 is 1.38 bits per heavy atom. The molecule has 1 saturated heterocycles. The Bertz CT molecular complexity index is 579. The number of fused-ring (bicyclic) bond motifs is 4. The van der Waals surface area contributed by atoms with Crippen LogP contribution < -0.4 is 5.32 Å². The number of rotatable bonds is 2. The molecule has 1 N–H and O–H groups in total. The van der Waals surface area contributed by atoms with Crippen LogP contribution in [0.15, 0.2) is 18.2 Å². The first-order valence-electron chi connectivity index (χ1n) is 7.94. The maximum absolute atomic E-state index is 12.0. The first-order valence-corrected chi connectivity index (χ1v) is 7.94. The van der Waals surface area contributed by atoms with Crippen molar-refractivity contribution in [1.29, 1.82) is 0 Å². The molecule has 21 heavy (non-hydrogen) atoms. The van der Waals surface area contributed by atoms with Crippen LogP contribution in [0.25, 0.3) is 0 Å². The lowest BCUT2D eigenvalue weighted by molar-refractivity contribution is 0.0511. The minimum absolute atomic E-state index is 0.110. The molecule has 0 saturated carbocycles. The maximum Gasteiger partial charge on any atom is 0.338 e. The van der Waals surface area contributed by atoms with Gasteiger partial charge < -0.3 is 10.1 Å². The van der Waals surface area contributed by atoms with Crippen LogP contribution in [0.4, 0.5) is 0 Å². The Morgan fingerprint density at radius 3 is 2.86 bits per heavy atom. The van der Waals surface area contributed by atoms with E-state index >= 15 is 0 Å². The standard InChI is InChI=1S/C18H25NO2/c1-5-21-16(20)13-7-6-12-11-15-17(2,3)18(4,8-9-19-15)14(12)10-13/h6-7,10,15,19H,5,8-9,11H2,1-4H3/t15-,18+/m1/s1. The summed E-state index contributed by atoms with van der Waals surface area (Å²) < 4.78 is 5.16. The van der Waals surface area contributed by atoms with E-state index in [9.17, 15) is 4.79 Å². The third kappa shape index (κ3) is 2.02. The van der Waals surface area contributed by atoms with E-state index in [-0.39, 0.29) is 16.8 Å². The molecule has 2 bridgehead atoms. The van der Waals surface area contributed by atoms with Gasteiger partial charge in [-0.15, -0.1) is 0 Å². The zero-order valence-corrected chi connectivity index (χ0v) is 13.5. The molecule has 0 spiro atoms. The first kappa shape index (κ1) is 14.6. The van der Waals surface area contributed by atoms with Gasteiger partial charge in [0.1, 0.15) is 0 Å². The second-order valence-electron chi connectivity index (χ2n) is 7.11. The van der Waals surface area contributed by atoms with Gasteiger partial charge in [-0.1, -0.05) is 26.8 Å². The van der Waals surface area contributed by atoms with Crippen molar-refractivity contribution in [2.24, 2.45) is 5.41 Å². The Labute approximate surface area is 127 Å². The van der Waals surface area contributed by atoms with Crippen molar-refractivity contribution in [2.45, 2.75) is 52.0 Å². The van der Waals surface area contributed by atoms with Gasteiger partial charge in [0.05, 0.1) is 12.2 Å². The van der Waals surface area contributed by atoms with Crippen LogP contribution in [-0.2, 0) is 16.6 Å². The summed E-state index contributed by atoms with van der Waals surface area (Å²) in [5.74, 6) is -0.210. The highest BCUT2D eigenvalue weighted by Gasteiger charge is 2.53. The van der Waals surface area contributed by atoms with E-state index in [4.69, 9.17) is 4.74 Å². The van der Waals surface area contributed by atoms with Crippen LogP contribution in [0, 0.1) is 5.41 Å². The molecule has 2 atom stereocenters. The fourth-order valence-corrected chi connectivity index (χ4v) is 4.10. The van der Waals surface area contributed by atoms with Gasteiger partial charge in [-0.2, -0.15) is 0 Å². The smallest absolute Gasteiger partial charge is 0.338 e. The second-order valence-corrected chi connectivity index (χ2v) is 7.11. The Balaban J connectivity index is 2.09. The number of carbonyl (C=O) groups is 1. The first-order chi connectivity index (χ1) is 9.90. The number of piperidine rings is 1. The molecular formula is C18H25NO2. The van der Waals surface area contributed by atoms with Gasteiger partial charge in [0, 0.05) is 11.5 Å². The van der Waals surface area contributed by atoms with Gasteiger partial charge >= 0.3 is 5.97 Å². The number of benzene rings is 1. The van der Waals surface area contributed by atoms with Crippen LogP contribution in [0.5, 0.6) is 0 Å². The molecule has 3 rings (SSSR count). The number of esters is 1. The van der Waals surface area contributed by atoms with Gasteiger partial charge in [-0.3, -0.25) is 0 Å². The Morgan fingerprint density at radius 2 is 2.14 bits per heavy atom. The molecule has 0 unspecified atom stereocenters. The minimum atomic E-state index is -0.210. The van der Waals surface area contributed by atoms with Crippen LogP contribution in [-0.4, -0.2) is 25.2 Å². The quantitative estimate of drug-likeness (QED) is 0.850. The molecule has 1 fully saturated rings.